The van der Waals surface area contributed by atoms with E-state index in [0.29, 0.717) is 5.75 Å². The van der Waals surface area contributed by atoms with E-state index in [2.05, 4.69) is 0 Å². The van der Waals surface area contributed by atoms with Gasteiger partial charge in [0, 0.05) is 12.6 Å². The van der Waals surface area contributed by atoms with Gasteiger partial charge in [-0.1, -0.05) is 18.2 Å². The number of halogens is 2. The Kier molecular flexibility index (Phi) is 4.75. The number of amides is 1. The number of para-hydroxylation sites is 1. The summed E-state index contributed by atoms with van der Waals surface area (Å²) in [6, 6.07) is 9.75. The molecule has 0 radical (unpaired) electrons. The fourth-order valence-corrected chi connectivity index (χ4v) is 2.25. The maximum atomic E-state index is 13.8. The molecule has 0 N–H and O–H groups in total. The van der Waals surface area contributed by atoms with Gasteiger partial charge in [-0.25, -0.2) is 8.78 Å². The summed E-state index contributed by atoms with van der Waals surface area (Å²) in [4.78, 5) is 13.8. The number of carbonyl (C=O) groups excluding carboxylic acids is 1. The Morgan fingerprint density at radius 3 is 2.55 bits per heavy atom. The highest BCUT2D eigenvalue weighted by atomic mass is 19.1. The molecule has 1 unspecified atom stereocenters. The Morgan fingerprint density at radius 2 is 1.86 bits per heavy atom. The van der Waals surface area contributed by atoms with Crippen molar-refractivity contribution < 1.29 is 18.3 Å². The minimum absolute atomic E-state index is 0.288. The Bertz CT molecular complexity index is 688. The molecule has 3 nitrogen and oxygen atoms in total. The fourth-order valence-electron chi connectivity index (χ4n) is 2.25. The molecule has 0 aromatic heterocycles. The molecule has 0 aliphatic rings. The van der Waals surface area contributed by atoms with E-state index >= 15 is 0 Å². The molecule has 0 aliphatic carbocycles. The summed E-state index contributed by atoms with van der Waals surface area (Å²) in [6.07, 6.45) is 0. The Labute approximate surface area is 128 Å². The maximum absolute atomic E-state index is 13.8. The molecule has 2 aromatic rings. The molecule has 0 saturated heterocycles. The summed E-state index contributed by atoms with van der Waals surface area (Å²) >= 11 is 0. The first-order valence-corrected chi connectivity index (χ1v) is 6.80. The van der Waals surface area contributed by atoms with Gasteiger partial charge in [0.2, 0.25) is 0 Å². The molecule has 0 spiro atoms. The Balaban J connectivity index is 2.32. The van der Waals surface area contributed by atoms with Crippen molar-refractivity contribution in [1.29, 1.82) is 0 Å². The molecule has 0 heterocycles. The third-order valence-electron chi connectivity index (χ3n) is 3.65. The van der Waals surface area contributed by atoms with E-state index in [4.69, 9.17) is 4.74 Å². The van der Waals surface area contributed by atoms with E-state index in [1.54, 1.807) is 27.1 Å². The number of hydrogen-bond donors (Lipinski definition) is 0. The third-order valence-corrected chi connectivity index (χ3v) is 3.65. The van der Waals surface area contributed by atoms with Crippen LogP contribution in [0.25, 0.3) is 0 Å². The van der Waals surface area contributed by atoms with Crippen LogP contribution in [0.5, 0.6) is 5.75 Å². The van der Waals surface area contributed by atoms with Crippen molar-refractivity contribution in [3.63, 3.8) is 0 Å². The van der Waals surface area contributed by atoms with Crippen LogP contribution in [0.2, 0.25) is 0 Å². The lowest BCUT2D eigenvalue weighted by molar-refractivity contribution is 0.0736. The highest BCUT2D eigenvalue weighted by Gasteiger charge is 2.23. The van der Waals surface area contributed by atoms with Crippen molar-refractivity contribution in [1.82, 2.24) is 4.90 Å². The second kappa shape index (κ2) is 6.56. The minimum atomic E-state index is -0.745. The van der Waals surface area contributed by atoms with Crippen molar-refractivity contribution in [3.8, 4) is 5.75 Å². The van der Waals surface area contributed by atoms with E-state index in [1.807, 2.05) is 18.2 Å². The summed E-state index contributed by atoms with van der Waals surface area (Å²) in [5.41, 5.74) is 0.502. The van der Waals surface area contributed by atoms with Crippen LogP contribution in [0, 0.1) is 11.6 Å². The normalized spacial score (nSPS) is 11.9. The van der Waals surface area contributed by atoms with Crippen LogP contribution >= 0.6 is 0 Å². The molecular formula is C17H17F2NO2. The minimum Gasteiger partial charge on any atom is -0.496 e. The molecule has 1 atom stereocenters. The summed E-state index contributed by atoms with van der Waals surface area (Å²) < 4.78 is 32.3. The van der Waals surface area contributed by atoms with Crippen LogP contribution in [0.15, 0.2) is 42.5 Å². The monoisotopic (exact) mass is 305 g/mol. The van der Waals surface area contributed by atoms with E-state index in [0.717, 1.165) is 23.8 Å². The molecule has 0 fully saturated rings. The second-order valence-electron chi connectivity index (χ2n) is 4.96. The largest absolute Gasteiger partial charge is 0.496 e. The van der Waals surface area contributed by atoms with Gasteiger partial charge >= 0.3 is 0 Å². The zero-order valence-electron chi connectivity index (χ0n) is 12.6. The van der Waals surface area contributed by atoms with Gasteiger partial charge in [0.15, 0.2) is 0 Å². The lowest BCUT2D eigenvalue weighted by Crippen LogP contribution is -2.30. The molecule has 2 aromatic carbocycles. The quantitative estimate of drug-likeness (QED) is 0.859. The van der Waals surface area contributed by atoms with Crippen LogP contribution < -0.4 is 4.74 Å². The topological polar surface area (TPSA) is 29.5 Å². The van der Waals surface area contributed by atoms with Crippen LogP contribution in [-0.4, -0.2) is 25.0 Å². The first-order valence-electron chi connectivity index (χ1n) is 6.80. The van der Waals surface area contributed by atoms with Crippen LogP contribution in [0.4, 0.5) is 8.78 Å². The predicted molar refractivity (Wildman–Crippen MR) is 79.9 cm³/mol. The van der Waals surface area contributed by atoms with Crippen molar-refractivity contribution in [2.24, 2.45) is 0 Å². The molecule has 5 heteroatoms. The fraction of sp³-hybridized carbons (Fsp3) is 0.235. The third kappa shape index (κ3) is 3.08. The SMILES string of the molecule is COc1ccccc1C(C)N(C)C(=O)c1cc(F)ccc1F. The summed E-state index contributed by atoms with van der Waals surface area (Å²) in [5, 5.41) is 0. The van der Waals surface area contributed by atoms with Gasteiger partial charge in [-0.15, -0.1) is 0 Å². The van der Waals surface area contributed by atoms with E-state index < -0.39 is 17.5 Å². The number of benzene rings is 2. The maximum Gasteiger partial charge on any atom is 0.257 e. The average Bonchev–Trinajstić information content (AvgIpc) is 2.55. The van der Waals surface area contributed by atoms with Gasteiger partial charge in [0.05, 0.1) is 18.7 Å². The summed E-state index contributed by atoms with van der Waals surface area (Å²) in [5.74, 6) is -1.35. The standard InChI is InChI=1S/C17H17F2NO2/c1-11(13-6-4-5-7-16(13)22-3)20(2)17(21)14-10-12(18)8-9-15(14)19/h4-11H,1-3H3. The first kappa shape index (κ1) is 15.9. The van der Waals surface area contributed by atoms with E-state index in [-0.39, 0.29) is 11.6 Å². The van der Waals surface area contributed by atoms with Gasteiger partial charge in [-0.05, 0) is 31.2 Å². The average molecular weight is 305 g/mol. The molecule has 2 rings (SSSR count). The Morgan fingerprint density at radius 1 is 1.18 bits per heavy atom. The predicted octanol–water partition coefficient (Wildman–Crippen LogP) is 3.81. The first-order chi connectivity index (χ1) is 10.5. The zero-order chi connectivity index (χ0) is 16.3. The van der Waals surface area contributed by atoms with Gasteiger partial charge in [-0.3, -0.25) is 4.79 Å². The second-order valence-corrected chi connectivity index (χ2v) is 4.96. The molecule has 116 valence electrons. The van der Waals surface area contributed by atoms with Crippen molar-refractivity contribution >= 4 is 5.91 Å². The molecule has 22 heavy (non-hydrogen) atoms. The van der Waals surface area contributed by atoms with Crippen LogP contribution in [0.1, 0.15) is 28.9 Å². The van der Waals surface area contributed by atoms with Crippen LogP contribution in [0.3, 0.4) is 0 Å². The van der Waals surface area contributed by atoms with Gasteiger partial charge in [0.1, 0.15) is 17.4 Å². The van der Waals surface area contributed by atoms with Crippen LogP contribution in [-0.2, 0) is 0 Å². The smallest absolute Gasteiger partial charge is 0.257 e. The Hall–Kier alpha value is -2.43. The van der Waals surface area contributed by atoms with E-state index in [1.165, 1.54) is 4.90 Å². The molecular weight excluding hydrogens is 288 g/mol. The van der Waals surface area contributed by atoms with Crippen molar-refractivity contribution in [3.05, 3.63) is 65.2 Å². The number of carbonyl (C=O) groups is 1. The molecule has 0 bridgehead atoms. The highest BCUT2D eigenvalue weighted by molar-refractivity contribution is 5.94. The number of methoxy groups -OCH3 is 1. The molecule has 1 amide bonds. The van der Waals surface area contributed by atoms with Gasteiger partial charge < -0.3 is 9.64 Å². The van der Waals surface area contributed by atoms with Gasteiger partial charge in [0.25, 0.3) is 5.91 Å². The number of rotatable bonds is 4. The number of ether oxygens (including phenoxy) is 1. The highest BCUT2D eigenvalue weighted by Crippen LogP contribution is 2.29. The van der Waals surface area contributed by atoms with E-state index in [9.17, 15) is 13.6 Å². The lowest BCUT2D eigenvalue weighted by Gasteiger charge is -2.26. The lowest BCUT2D eigenvalue weighted by atomic mass is 10.0. The van der Waals surface area contributed by atoms with Crippen molar-refractivity contribution in [2.45, 2.75) is 13.0 Å². The molecule has 0 aliphatic heterocycles. The number of hydrogen-bond acceptors (Lipinski definition) is 2. The summed E-state index contributed by atoms with van der Waals surface area (Å²) in [7, 11) is 3.09. The number of nitrogens with zero attached hydrogens (tertiary/aromatic N) is 1. The summed E-state index contributed by atoms with van der Waals surface area (Å²) in [6.45, 7) is 1.80. The van der Waals surface area contributed by atoms with Crippen molar-refractivity contribution in [2.75, 3.05) is 14.2 Å². The molecule has 0 saturated carbocycles. The zero-order valence-corrected chi connectivity index (χ0v) is 12.6. The van der Waals surface area contributed by atoms with Gasteiger partial charge in [-0.2, -0.15) is 0 Å².